The molecule has 146 valence electrons. The van der Waals surface area contributed by atoms with Gasteiger partial charge in [-0.25, -0.2) is 14.4 Å². The van der Waals surface area contributed by atoms with Crippen LogP contribution in [0.1, 0.15) is 21.6 Å². The summed E-state index contributed by atoms with van der Waals surface area (Å²) in [5.41, 5.74) is -0.998. The van der Waals surface area contributed by atoms with Crippen molar-refractivity contribution in [3.05, 3.63) is 57.7 Å². The van der Waals surface area contributed by atoms with E-state index in [1.165, 1.54) is 12.1 Å². The molecule has 1 amide bonds. The fourth-order valence-electron chi connectivity index (χ4n) is 2.06. The molecule has 13 heteroatoms. The lowest BCUT2D eigenvalue weighted by Gasteiger charge is -2.08. The van der Waals surface area contributed by atoms with Gasteiger partial charge in [-0.2, -0.15) is 22.8 Å². The summed E-state index contributed by atoms with van der Waals surface area (Å²) >= 11 is 11.7. The molecule has 0 bridgehead atoms. The van der Waals surface area contributed by atoms with Gasteiger partial charge in [-0.3, -0.25) is 10.1 Å². The summed E-state index contributed by atoms with van der Waals surface area (Å²) in [6.45, 7) is -0.839. The van der Waals surface area contributed by atoms with Crippen LogP contribution in [0.25, 0.3) is 5.82 Å². The molecule has 0 radical (unpaired) electrons. The normalized spacial score (nSPS) is 11.5. The van der Waals surface area contributed by atoms with Gasteiger partial charge in [-0.15, -0.1) is 5.10 Å². The zero-order valence-electron chi connectivity index (χ0n) is 13.5. The van der Waals surface area contributed by atoms with Crippen molar-refractivity contribution in [2.45, 2.75) is 12.9 Å². The Labute approximate surface area is 164 Å². The Morgan fingerprint density at radius 3 is 2.57 bits per heavy atom. The third-order valence-corrected chi connectivity index (χ3v) is 3.94. The van der Waals surface area contributed by atoms with Crippen molar-refractivity contribution in [3.63, 3.8) is 0 Å². The molecule has 3 aromatic rings. The van der Waals surface area contributed by atoms with E-state index in [-0.39, 0.29) is 33.2 Å². The van der Waals surface area contributed by atoms with Crippen LogP contribution in [-0.4, -0.2) is 30.6 Å². The number of alkyl halides is 4. The highest BCUT2D eigenvalue weighted by atomic mass is 35.5. The maximum absolute atomic E-state index is 12.7. The Morgan fingerprint density at radius 1 is 1.21 bits per heavy atom. The molecule has 3 heterocycles. The first-order valence-corrected chi connectivity index (χ1v) is 8.12. The van der Waals surface area contributed by atoms with Crippen LogP contribution in [0.3, 0.4) is 0 Å². The van der Waals surface area contributed by atoms with Gasteiger partial charge in [0.05, 0.1) is 21.8 Å². The molecule has 0 aromatic carbocycles. The second-order valence-corrected chi connectivity index (χ2v) is 6.03. The summed E-state index contributed by atoms with van der Waals surface area (Å²) in [5.74, 6) is -1.02. The molecule has 0 saturated carbocycles. The summed E-state index contributed by atoms with van der Waals surface area (Å²) in [6.07, 6.45) is -2.90. The number of amides is 1. The predicted molar refractivity (Wildman–Crippen MR) is 91.2 cm³/mol. The lowest BCUT2D eigenvalue weighted by Crippen LogP contribution is -2.15. The van der Waals surface area contributed by atoms with Crippen molar-refractivity contribution in [2.24, 2.45) is 0 Å². The molecule has 28 heavy (non-hydrogen) atoms. The molecule has 0 atom stereocenters. The molecule has 0 aliphatic heterocycles. The number of halogens is 6. The van der Waals surface area contributed by atoms with E-state index in [0.29, 0.717) is 12.3 Å². The minimum atomic E-state index is -4.60. The molecule has 0 fully saturated rings. The zero-order valence-corrected chi connectivity index (χ0v) is 15.0. The molecule has 3 aromatic heterocycles. The third kappa shape index (κ3) is 4.20. The summed E-state index contributed by atoms with van der Waals surface area (Å²) in [6, 6.07) is 3.27. The van der Waals surface area contributed by atoms with Crippen LogP contribution in [0.2, 0.25) is 10.2 Å². The molecule has 7 nitrogen and oxygen atoms in total. The van der Waals surface area contributed by atoms with Crippen LogP contribution in [0.4, 0.5) is 23.5 Å². The number of carbonyl (C=O) groups is 1. The van der Waals surface area contributed by atoms with Gasteiger partial charge in [0, 0.05) is 6.20 Å². The van der Waals surface area contributed by atoms with E-state index in [1.54, 1.807) is 0 Å². The van der Waals surface area contributed by atoms with Gasteiger partial charge < -0.3 is 0 Å². The molecule has 0 saturated heterocycles. The van der Waals surface area contributed by atoms with Gasteiger partial charge in [-0.1, -0.05) is 23.2 Å². The van der Waals surface area contributed by atoms with Crippen LogP contribution >= 0.6 is 23.2 Å². The summed E-state index contributed by atoms with van der Waals surface area (Å²) in [7, 11) is 0. The van der Waals surface area contributed by atoms with Crippen LogP contribution < -0.4 is 5.32 Å². The van der Waals surface area contributed by atoms with Crippen molar-refractivity contribution in [3.8, 4) is 5.82 Å². The number of hydrogen-bond acceptors (Lipinski definition) is 5. The molecule has 3 rings (SSSR count). The van der Waals surface area contributed by atoms with Crippen molar-refractivity contribution >= 4 is 35.1 Å². The molecule has 0 aliphatic rings. The maximum Gasteiger partial charge on any atom is 0.417 e. The number of aromatic nitrogens is 5. The minimum Gasteiger partial charge on any atom is -0.289 e. The van der Waals surface area contributed by atoms with Crippen LogP contribution in [0.5, 0.6) is 0 Å². The fraction of sp³-hybridized carbons (Fsp3) is 0.133. The quantitative estimate of drug-likeness (QED) is 0.493. The second-order valence-electron chi connectivity index (χ2n) is 5.27. The highest BCUT2D eigenvalue weighted by Gasteiger charge is 2.31. The molecular formula is C15H8Cl2F4N6O. The van der Waals surface area contributed by atoms with E-state index in [0.717, 1.165) is 11.0 Å². The summed E-state index contributed by atoms with van der Waals surface area (Å²) < 4.78 is 51.6. The van der Waals surface area contributed by atoms with E-state index in [9.17, 15) is 22.4 Å². The number of anilines is 1. The van der Waals surface area contributed by atoms with Crippen molar-refractivity contribution in [1.29, 1.82) is 0 Å². The van der Waals surface area contributed by atoms with Gasteiger partial charge in [0.1, 0.15) is 18.2 Å². The number of hydrogen-bond donors (Lipinski definition) is 1. The van der Waals surface area contributed by atoms with Gasteiger partial charge in [0.15, 0.2) is 5.82 Å². The SMILES string of the molecule is O=C(Nc1ncn(-c2ncc(C(F)(F)F)cc2Cl)n1)c1ccc(CF)nc1Cl. The van der Waals surface area contributed by atoms with Crippen molar-refractivity contribution in [1.82, 2.24) is 24.7 Å². The number of nitrogens with one attached hydrogen (secondary N) is 1. The smallest absolute Gasteiger partial charge is 0.289 e. The van der Waals surface area contributed by atoms with E-state index in [2.05, 4.69) is 25.4 Å². The monoisotopic (exact) mass is 434 g/mol. The first-order chi connectivity index (χ1) is 13.2. The highest BCUT2D eigenvalue weighted by molar-refractivity contribution is 6.33. The van der Waals surface area contributed by atoms with Gasteiger partial charge in [0.25, 0.3) is 5.91 Å². The standard InChI is InChI=1S/C15H8Cl2F4N6O/c16-10-3-7(15(19,20)21)5-22-12(10)27-6-23-14(26-27)25-13(28)9-2-1-8(4-18)24-11(9)17/h1-3,5-6H,4H2,(H,25,26,28). The second kappa shape index (κ2) is 7.68. The number of rotatable bonds is 4. The van der Waals surface area contributed by atoms with Crippen molar-refractivity contribution < 1.29 is 22.4 Å². The highest BCUT2D eigenvalue weighted by Crippen LogP contribution is 2.31. The lowest BCUT2D eigenvalue weighted by atomic mass is 10.2. The molecule has 1 N–H and O–H groups in total. The van der Waals surface area contributed by atoms with E-state index in [4.69, 9.17) is 23.2 Å². The Bertz CT molecular complexity index is 1040. The molecular weight excluding hydrogens is 427 g/mol. The Balaban J connectivity index is 1.80. The van der Waals surface area contributed by atoms with E-state index < -0.39 is 24.3 Å². The van der Waals surface area contributed by atoms with Gasteiger partial charge in [0.2, 0.25) is 5.95 Å². The third-order valence-electron chi connectivity index (χ3n) is 3.37. The Hall–Kier alpha value is -2.79. The first kappa shape index (κ1) is 20.0. The number of carbonyl (C=O) groups excluding carboxylic acids is 1. The Kier molecular flexibility index (Phi) is 5.47. The van der Waals surface area contributed by atoms with Crippen LogP contribution in [0.15, 0.2) is 30.7 Å². The van der Waals surface area contributed by atoms with E-state index in [1.807, 2.05) is 0 Å². The van der Waals surface area contributed by atoms with Gasteiger partial charge >= 0.3 is 6.18 Å². The average molecular weight is 435 g/mol. The predicted octanol–water partition coefficient (Wildman–Crippen LogP) is 4.10. The minimum absolute atomic E-state index is 0.0408. The Morgan fingerprint density at radius 2 is 1.96 bits per heavy atom. The number of nitrogens with zero attached hydrogens (tertiary/aromatic N) is 5. The summed E-state index contributed by atoms with van der Waals surface area (Å²) in [4.78, 5) is 23.4. The van der Waals surface area contributed by atoms with Crippen LogP contribution in [-0.2, 0) is 12.9 Å². The fourth-order valence-corrected chi connectivity index (χ4v) is 2.57. The summed E-state index contributed by atoms with van der Waals surface area (Å²) in [5, 5.41) is 5.69. The van der Waals surface area contributed by atoms with E-state index >= 15 is 0 Å². The topological polar surface area (TPSA) is 85.6 Å². The molecule has 0 unspecified atom stereocenters. The van der Waals surface area contributed by atoms with Crippen molar-refractivity contribution in [2.75, 3.05) is 5.32 Å². The largest absolute Gasteiger partial charge is 0.417 e. The maximum atomic E-state index is 12.7. The zero-order chi connectivity index (χ0) is 20.5. The van der Waals surface area contributed by atoms with Gasteiger partial charge in [-0.05, 0) is 18.2 Å². The first-order valence-electron chi connectivity index (χ1n) is 7.36. The molecule has 0 aliphatic carbocycles. The van der Waals surface area contributed by atoms with Crippen LogP contribution in [0, 0.1) is 0 Å². The molecule has 0 spiro atoms. The number of pyridine rings is 2. The lowest BCUT2D eigenvalue weighted by molar-refractivity contribution is -0.137. The average Bonchev–Trinajstić information content (AvgIpc) is 3.08.